The number of fused-ring (bicyclic) bond motifs is 2. The zero-order chi connectivity index (χ0) is 19.0. The Kier molecular flexibility index (Phi) is 5.83. The summed E-state index contributed by atoms with van der Waals surface area (Å²) >= 11 is 0. The molecule has 0 aliphatic heterocycles. The van der Waals surface area contributed by atoms with Gasteiger partial charge < -0.3 is 5.11 Å². The van der Waals surface area contributed by atoms with Gasteiger partial charge in [0.25, 0.3) is 10.1 Å². The van der Waals surface area contributed by atoms with Crippen molar-refractivity contribution in [3.8, 4) is 5.75 Å². The summed E-state index contributed by atoms with van der Waals surface area (Å²) in [7, 11) is -4.35. The van der Waals surface area contributed by atoms with Gasteiger partial charge in [-0.05, 0) is 23.6 Å². The molecule has 28 heavy (non-hydrogen) atoms. The first-order valence-corrected chi connectivity index (χ1v) is 9.49. The minimum Gasteiger partial charge on any atom is -0.872 e. The number of nitrogens with zero attached hydrogens (tertiary/aromatic N) is 2. The van der Waals surface area contributed by atoms with Crippen molar-refractivity contribution in [1.29, 1.82) is 0 Å². The number of rotatable bonds is 3. The van der Waals surface area contributed by atoms with E-state index in [1.54, 1.807) is 48.5 Å². The molecule has 0 aliphatic carbocycles. The van der Waals surface area contributed by atoms with Crippen LogP contribution in [-0.4, -0.2) is 13.0 Å². The second kappa shape index (κ2) is 7.98. The fraction of sp³-hybridized carbons (Fsp3) is 0. The van der Waals surface area contributed by atoms with Gasteiger partial charge in [0, 0.05) is 16.2 Å². The Hall–Kier alpha value is -2.29. The van der Waals surface area contributed by atoms with Crippen LogP contribution < -0.4 is 34.7 Å². The summed E-state index contributed by atoms with van der Waals surface area (Å²) < 4.78 is 32.6. The van der Waals surface area contributed by atoms with Crippen LogP contribution in [0.25, 0.3) is 21.5 Å². The fourth-order valence-corrected chi connectivity index (χ4v) is 3.71. The molecule has 4 aromatic rings. The van der Waals surface area contributed by atoms with Crippen LogP contribution in [0.2, 0.25) is 0 Å². The van der Waals surface area contributed by atoms with Crippen molar-refractivity contribution >= 4 is 43.0 Å². The van der Waals surface area contributed by atoms with E-state index in [-0.39, 0.29) is 40.2 Å². The van der Waals surface area contributed by atoms with E-state index in [1.807, 2.05) is 6.07 Å². The summed E-state index contributed by atoms with van der Waals surface area (Å²) in [4.78, 5) is -0.182. The van der Waals surface area contributed by atoms with Crippen molar-refractivity contribution in [2.75, 3.05) is 0 Å². The molecule has 0 unspecified atom stereocenters. The molecule has 4 rings (SSSR count). The Bertz CT molecular complexity index is 1320. The molecule has 0 aromatic heterocycles. The molecule has 8 heteroatoms. The van der Waals surface area contributed by atoms with Gasteiger partial charge in [-0.25, -0.2) is 0 Å². The molecule has 0 spiro atoms. The van der Waals surface area contributed by atoms with Crippen molar-refractivity contribution in [3.63, 3.8) is 0 Å². The van der Waals surface area contributed by atoms with Crippen LogP contribution in [0.5, 0.6) is 5.75 Å². The molecule has 0 atom stereocenters. The number of hydrogen-bond acceptors (Lipinski definition) is 5. The van der Waals surface area contributed by atoms with Gasteiger partial charge in [-0.15, -0.1) is 16.0 Å². The van der Waals surface area contributed by atoms with Gasteiger partial charge in [0.05, 0.1) is 11.4 Å². The van der Waals surface area contributed by atoms with Crippen molar-refractivity contribution in [3.05, 3.63) is 72.8 Å². The molecule has 0 aliphatic rings. The van der Waals surface area contributed by atoms with Crippen LogP contribution in [0.3, 0.4) is 0 Å². The van der Waals surface area contributed by atoms with E-state index in [0.29, 0.717) is 32.9 Å². The standard InChI is InChI=1S/C20H14N2O4S.Na/c23-19-11-9-17(13-5-1-3-7-15(13)19)21-22-18-10-12-20(27(24,25)26)16-8-4-2-6-14(16)18;/h1-12,23H,(H,24,25,26);/q;+1/p-1. The first-order chi connectivity index (χ1) is 12.9. The predicted molar refractivity (Wildman–Crippen MR) is 101 cm³/mol. The quantitative estimate of drug-likeness (QED) is 0.321. The SMILES string of the molecule is O=S(=O)(O)c1ccc(N=Nc2ccc([O-])c3ccccc23)c2ccccc12.[Na+]. The average molecular weight is 400 g/mol. The predicted octanol–water partition coefficient (Wildman–Crippen LogP) is 1.73. The van der Waals surface area contributed by atoms with Gasteiger partial charge in [-0.2, -0.15) is 8.42 Å². The molecule has 0 radical (unpaired) electrons. The first-order valence-electron chi connectivity index (χ1n) is 8.05. The summed E-state index contributed by atoms with van der Waals surface area (Å²) in [6.45, 7) is 0. The number of hydrogen-bond donors (Lipinski definition) is 1. The van der Waals surface area contributed by atoms with Crippen LogP contribution in [0.4, 0.5) is 11.4 Å². The summed E-state index contributed by atoms with van der Waals surface area (Å²) in [6.07, 6.45) is 0. The minimum absolute atomic E-state index is 0. The maximum absolute atomic E-state index is 12.0. The van der Waals surface area contributed by atoms with E-state index in [0.717, 1.165) is 0 Å². The van der Waals surface area contributed by atoms with Gasteiger partial charge in [0.15, 0.2) is 0 Å². The average Bonchev–Trinajstić information content (AvgIpc) is 2.66. The fourth-order valence-electron chi connectivity index (χ4n) is 3.02. The third-order valence-electron chi connectivity index (χ3n) is 4.27. The third kappa shape index (κ3) is 3.80. The van der Waals surface area contributed by atoms with Crippen LogP contribution >= 0.6 is 0 Å². The second-order valence-corrected chi connectivity index (χ2v) is 7.32. The van der Waals surface area contributed by atoms with Gasteiger partial charge in [-0.1, -0.05) is 54.6 Å². The normalized spacial score (nSPS) is 11.8. The van der Waals surface area contributed by atoms with E-state index < -0.39 is 10.1 Å². The van der Waals surface area contributed by atoms with E-state index in [2.05, 4.69) is 10.2 Å². The Morgan fingerprint density at radius 1 is 0.679 bits per heavy atom. The van der Waals surface area contributed by atoms with Crippen LogP contribution in [-0.2, 0) is 10.1 Å². The Morgan fingerprint density at radius 3 is 1.71 bits per heavy atom. The van der Waals surface area contributed by atoms with Gasteiger partial charge in [-0.3, -0.25) is 4.55 Å². The molecule has 0 fully saturated rings. The summed E-state index contributed by atoms with van der Waals surface area (Å²) in [6, 6.07) is 19.7. The Balaban J connectivity index is 0.00000225. The zero-order valence-corrected chi connectivity index (χ0v) is 17.7. The van der Waals surface area contributed by atoms with Gasteiger partial charge >= 0.3 is 29.6 Å². The first kappa shape index (κ1) is 20.4. The van der Waals surface area contributed by atoms with E-state index >= 15 is 0 Å². The Labute approximate surface area is 183 Å². The van der Waals surface area contributed by atoms with Gasteiger partial charge in [0.2, 0.25) is 0 Å². The number of benzene rings is 4. The van der Waals surface area contributed by atoms with Crippen molar-refractivity contribution in [2.45, 2.75) is 4.90 Å². The molecule has 0 saturated carbocycles. The summed E-state index contributed by atoms with van der Waals surface area (Å²) in [5.74, 6) is -0.0903. The molecule has 1 N–H and O–H groups in total. The topological polar surface area (TPSA) is 102 Å². The van der Waals surface area contributed by atoms with Crippen LogP contribution in [0.1, 0.15) is 0 Å². The third-order valence-corrected chi connectivity index (χ3v) is 5.18. The smallest absolute Gasteiger partial charge is 0.872 e. The van der Waals surface area contributed by atoms with Crippen molar-refractivity contribution in [1.82, 2.24) is 0 Å². The molecule has 0 amide bonds. The minimum atomic E-state index is -4.35. The molecular weight excluding hydrogens is 387 g/mol. The molecule has 0 heterocycles. The second-order valence-electron chi connectivity index (χ2n) is 5.93. The molecule has 0 saturated heterocycles. The number of azo groups is 1. The largest absolute Gasteiger partial charge is 1.00 e. The Morgan fingerprint density at radius 2 is 1.14 bits per heavy atom. The van der Waals surface area contributed by atoms with Crippen molar-refractivity contribution in [2.24, 2.45) is 10.2 Å². The van der Waals surface area contributed by atoms with Crippen LogP contribution in [0.15, 0.2) is 87.9 Å². The molecule has 0 bridgehead atoms. The maximum Gasteiger partial charge on any atom is 1.00 e. The molecule has 6 nitrogen and oxygen atoms in total. The maximum atomic E-state index is 12.0. The molecule has 4 aromatic carbocycles. The van der Waals surface area contributed by atoms with Gasteiger partial charge in [0.1, 0.15) is 4.90 Å². The molecular formula is C20H13N2NaO4S. The summed E-state index contributed by atoms with van der Waals surface area (Å²) in [5.41, 5.74) is 0.987. The monoisotopic (exact) mass is 400 g/mol. The van der Waals surface area contributed by atoms with E-state index in [9.17, 15) is 18.1 Å². The zero-order valence-electron chi connectivity index (χ0n) is 14.9. The molecule has 134 valence electrons. The van der Waals surface area contributed by atoms with Crippen LogP contribution in [0, 0.1) is 0 Å². The van der Waals surface area contributed by atoms with Crippen molar-refractivity contribution < 1.29 is 47.6 Å². The van der Waals surface area contributed by atoms with E-state index in [4.69, 9.17) is 0 Å². The summed E-state index contributed by atoms with van der Waals surface area (Å²) in [5, 5.41) is 22.6. The van der Waals surface area contributed by atoms with E-state index in [1.165, 1.54) is 18.2 Å².